The first-order valence-corrected chi connectivity index (χ1v) is 13.4. The summed E-state index contributed by atoms with van der Waals surface area (Å²) in [4.78, 5) is 21.8. The SMILES string of the molecule is O=C(CCSc1nnc(-c2ccccc2)c(-c2ccccc2)n1)Nc1nc(-c2ccc(Cl)cc2)cs1. The number of nitrogens with zero attached hydrogens (tertiary/aromatic N) is 4. The Bertz CT molecular complexity index is 1460. The summed E-state index contributed by atoms with van der Waals surface area (Å²) in [6.45, 7) is 0. The molecule has 178 valence electrons. The van der Waals surface area contributed by atoms with Crippen molar-refractivity contribution in [1.82, 2.24) is 20.2 Å². The molecule has 2 aromatic heterocycles. The second kappa shape index (κ2) is 11.4. The third-order valence-electron chi connectivity index (χ3n) is 5.21. The molecule has 0 atom stereocenters. The molecule has 0 bridgehead atoms. The Hall–Kier alpha value is -3.59. The van der Waals surface area contributed by atoms with Crippen molar-refractivity contribution in [3.8, 4) is 33.8 Å². The molecule has 5 aromatic rings. The molecule has 1 N–H and O–H groups in total. The summed E-state index contributed by atoms with van der Waals surface area (Å²) in [5.41, 5.74) is 5.16. The van der Waals surface area contributed by atoms with Crippen molar-refractivity contribution in [3.05, 3.63) is 95.3 Å². The van der Waals surface area contributed by atoms with Crippen LogP contribution in [0.4, 0.5) is 5.13 Å². The number of thiazole rings is 1. The van der Waals surface area contributed by atoms with Gasteiger partial charge in [-0.05, 0) is 12.1 Å². The highest BCUT2D eigenvalue weighted by atomic mass is 35.5. The van der Waals surface area contributed by atoms with Gasteiger partial charge in [0.05, 0.1) is 5.69 Å². The zero-order valence-corrected chi connectivity index (χ0v) is 21.4. The largest absolute Gasteiger partial charge is 0.302 e. The van der Waals surface area contributed by atoms with Crippen molar-refractivity contribution in [2.45, 2.75) is 11.6 Å². The second-order valence-corrected chi connectivity index (χ2v) is 10.1. The minimum absolute atomic E-state index is 0.114. The van der Waals surface area contributed by atoms with Crippen LogP contribution in [-0.2, 0) is 4.79 Å². The predicted octanol–water partition coefficient (Wildman–Crippen LogP) is 7.10. The number of hydrogen-bond acceptors (Lipinski definition) is 7. The van der Waals surface area contributed by atoms with Crippen molar-refractivity contribution < 1.29 is 4.79 Å². The summed E-state index contributed by atoms with van der Waals surface area (Å²) in [6.07, 6.45) is 0.297. The van der Waals surface area contributed by atoms with Gasteiger partial charge in [0.1, 0.15) is 11.4 Å². The number of aromatic nitrogens is 4. The summed E-state index contributed by atoms with van der Waals surface area (Å²) in [7, 11) is 0. The van der Waals surface area contributed by atoms with Crippen LogP contribution in [0.2, 0.25) is 5.02 Å². The summed E-state index contributed by atoms with van der Waals surface area (Å²) < 4.78 is 0. The molecule has 6 nitrogen and oxygen atoms in total. The van der Waals surface area contributed by atoms with Gasteiger partial charge < -0.3 is 5.32 Å². The van der Waals surface area contributed by atoms with Crippen molar-refractivity contribution in [1.29, 1.82) is 0 Å². The average molecular weight is 530 g/mol. The normalized spacial score (nSPS) is 10.8. The van der Waals surface area contributed by atoms with Crippen LogP contribution in [0.15, 0.2) is 95.5 Å². The highest BCUT2D eigenvalue weighted by Gasteiger charge is 2.14. The number of nitrogens with one attached hydrogen (secondary N) is 1. The van der Waals surface area contributed by atoms with Crippen molar-refractivity contribution in [2.75, 3.05) is 11.1 Å². The van der Waals surface area contributed by atoms with Gasteiger partial charge in [-0.1, -0.05) is 96.2 Å². The van der Waals surface area contributed by atoms with Crippen molar-refractivity contribution in [3.63, 3.8) is 0 Å². The Kier molecular flexibility index (Phi) is 7.66. The van der Waals surface area contributed by atoms with Crippen LogP contribution < -0.4 is 5.32 Å². The highest BCUT2D eigenvalue weighted by Crippen LogP contribution is 2.30. The second-order valence-electron chi connectivity index (χ2n) is 7.72. The molecule has 0 radical (unpaired) electrons. The van der Waals surface area contributed by atoms with Crippen LogP contribution in [0.3, 0.4) is 0 Å². The van der Waals surface area contributed by atoms with Crippen LogP contribution in [0.1, 0.15) is 6.42 Å². The lowest BCUT2D eigenvalue weighted by atomic mass is 10.0. The fraction of sp³-hybridized carbons (Fsp3) is 0.0741. The minimum Gasteiger partial charge on any atom is -0.302 e. The van der Waals surface area contributed by atoms with Gasteiger partial charge in [-0.2, -0.15) is 0 Å². The molecule has 5 rings (SSSR count). The number of benzene rings is 3. The van der Waals surface area contributed by atoms with E-state index in [9.17, 15) is 4.79 Å². The van der Waals surface area contributed by atoms with Crippen LogP contribution in [0.25, 0.3) is 33.8 Å². The predicted molar refractivity (Wildman–Crippen MR) is 147 cm³/mol. The maximum absolute atomic E-state index is 12.5. The van der Waals surface area contributed by atoms with Gasteiger partial charge >= 0.3 is 0 Å². The first kappa shape index (κ1) is 24.1. The molecule has 0 aliphatic heterocycles. The average Bonchev–Trinajstić information content (AvgIpc) is 3.38. The molecule has 0 aliphatic carbocycles. The van der Waals surface area contributed by atoms with Crippen molar-refractivity contribution in [2.24, 2.45) is 0 Å². The molecule has 0 spiro atoms. The number of thioether (sulfide) groups is 1. The molecule has 36 heavy (non-hydrogen) atoms. The third kappa shape index (κ3) is 5.96. The van der Waals surface area contributed by atoms with E-state index < -0.39 is 0 Å². The molecule has 0 fully saturated rings. The molecule has 3 aromatic carbocycles. The van der Waals surface area contributed by atoms with Gasteiger partial charge in [-0.15, -0.1) is 21.5 Å². The summed E-state index contributed by atoms with van der Waals surface area (Å²) in [5.74, 6) is 0.402. The van der Waals surface area contributed by atoms with E-state index in [4.69, 9.17) is 16.6 Å². The summed E-state index contributed by atoms with van der Waals surface area (Å²) >= 11 is 8.74. The standard InChI is InChI=1S/C27H20ClN5OS2/c28-21-13-11-18(12-14-21)22-17-36-26(29-22)30-23(34)15-16-35-27-31-24(19-7-3-1-4-8-19)25(32-33-27)20-9-5-2-6-10-20/h1-14,17H,15-16H2,(H,29,30,34). The first-order chi connectivity index (χ1) is 17.7. The smallest absolute Gasteiger partial charge is 0.226 e. The lowest BCUT2D eigenvalue weighted by molar-refractivity contribution is -0.115. The molecule has 9 heteroatoms. The van der Waals surface area contributed by atoms with Crippen LogP contribution in [0.5, 0.6) is 0 Å². The number of anilines is 1. The van der Waals surface area contributed by atoms with Crippen LogP contribution >= 0.6 is 34.7 Å². The Morgan fingerprint density at radius 2 is 1.47 bits per heavy atom. The van der Waals surface area contributed by atoms with E-state index in [-0.39, 0.29) is 5.91 Å². The molecule has 0 aliphatic rings. The van der Waals surface area contributed by atoms with E-state index >= 15 is 0 Å². The van der Waals surface area contributed by atoms with E-state index in [2.05, 4.69) is 20.5 Å². The highest BCUT2D eigenvalue weighted by molar-refractivity contribution is 7.99. The van der Waals surface area contributed by atoms with Gasteiger partial charge in [-0.3, -0.25) is 4.79 Å². The minimum atomic E-state index is -0.114. The number of amides is 1. The Balaban J connectivity index is 1.23. The fourth-order valence-electron chi connectivity index (χ4n) is 3.46. The first-order valence-electron chi connectivity index (χ1n) is 11.2. The lowest BCUT2D eigenvalue weighted by Gasteiger charge is -2.09. The molecule has 1 amide bonds. The molecular weight excluding hydrogens is 510 g/mol. The molecular formula is C27H20ClN5OS2. The quantitative estimate of drug-likeness (QED) is 0.216. The number of carbonyl (C=O) groups is 1. The molecule has 2 heterocycles. The zero-order valence-electron chi connectivity index (χ0n) is 19.0. The number of hydrogen-bond donors (Lipinski definition) is 1. The lowest BCUT2D eigenvalue weighted by Crippen LogP contribution is -2.12. The van der Waals surface area contributed by atoms with Gasteiger partial charge in [0.25, 0.3) is 0 Å². The zero-order chi connectivity index (χ0) is 24.7. The van der Waals surface area contributed by atoms with Crippen LogP contribution in [0, 0.1) is 0 Å². The van der Waals surface area contributed by atoms with Gasteiger partial charge in [-0.25, -0.2) is 9.97 Å². The maximum atomic E-state index is 12.5. The fourth-order valence-corrected chi connectivity index (χ4v) is 5.05. The van der Waals surface area contributed by atoms with Gasteiger partial charge in [0.15, 0.2) is 5.13 Å². The number of carbonyl (C=O) groups excluding carboxylic acids is 1. The van der Waals surface area contributed by atoms with Crippen LogP contribution in [-0.4, -0.2) is 31.8 Å². The number of rotatable bonds is 8. The van der Waals surface area contributed by atoms with E-state index in [0.29, 0.717) is 27.5 Å². The van der Waals surface area contributed by atoms with E-state index in [1.54, 1.807) is 0 Å². The topological polar surface area (TPSA) is 80.7 Å². The van der Waals surface area contributed by atoms with Crippen molar-refractivity contribution >= 4 is 45.7 Å². The number of halogens is 1. The molecule has 0 unspecified atom stereocenters. The monoisotopic (exact) mass is 529 g/mol. The van der Waals surface area contributed by atoms with E-state index in [1.807, 2.05) is 90.3 Å². The Morgan fingerprint density at radius 1 is 0.806 bits per heavy atom. The third-order valence-corrected chi connectivity index (χ3v) is 7.06. The van der Waals surface area contributed by atoms with E-state index in [1.165, 1.54) is 23.1 Å². The Morgan fingerprint density at radius 3 is 2.17 bits per heavy atom. The summed E-state index contributed by atoms with van der Waals surface area (Å²) in [6, 6.07) is 27.2. The van der Waals surface area contributed by atoms with Gasteiger partial charge in [0.2, 0.25) is 11.1 Å². The Labute approximate surface area is 221 Å². The maximum Gasteiger partial charge on any atom is 0.226 e. The molecule has 0 saturated carbocycles. The van der Waals surface area contributed by atoms with Gasteiger partial charge in [0, 0.05) is 39.3 Å². The van der Waals surface area contributed by atoms with E-state index in [0.717, 1.165) is 33.8 Å². The summed E-state index contributed by atoms with van der Waals surface area (Å²) in [5, 5.41) is 15.3. The molecule has 0 saturated heterocycles.